The maximum absolute atomic E-state index is 14.7. The fraction of sp³-hybridized carbons (Fsp3) is 0.625. The first-order chi connectivity index (χ1) is 17.0. The number of benzene rings is 1. The molecule has 3 N–H and O–H groups in total. The predicted octanol–water partition coefficient (Wildman–Crippen LogP) is 2.07. The molecular formula is C24H33FN4O5S. The SMILES string of the molecule is NCCOCC(=O)N1CCC(COc2cc(F)c3c(=O)[nH]c(CSC4CCOCC4)nc3c2)CC1. The van der Waals surface area contributed by atoms with Crippen LogP contribution in [0.1, 0.15) is 31.5 Å². The van der Waals surface area contributed by atoms with Crippen molar-refractivity contribution >= 4 is 28.6 Å². The van der Waals surface area contributed by atoms with Crippen LogP contribution in [0.25, 0.3) is 10.9 Å². The van der Waals surface area contributed by atoms with Crippen LogP contribution in [-0.2, 0) is 20.0 Å². The van der Waals surface area contributed by atoms with Crippen LogP contribution in [0.15, 0.2) is 16.9 Å². The Hall–Kier alpha value is -2.21. The molecule has 35 heavy (non-hydrogen) atoms. The third-order valence-corrected chi connectivity index (χ3v) is 7.73. The number of rotatable bonds is 10. The van der Waals surface area contributed by atoms with E-state index in [-0.39, 0.29) is 23.8 Å². The molecule has 1 aromatic carbocycles. The van der Waals surface area contributed by atoms with Crippen molar-refractivity contribution in [3.8, 4) is 5.75 Å². The van der Waals surface area contributed by atoms with Gasteiger partial charge >= 0.3 is 0 Å². The van der Waals surface area contributed by atoms with Gasteiger partial charge in [-0.25, -0.2) is 9.37 Å². The van der Waals surface area contributed by atoms with Gasteiger partial charge in [0.2, 0.25) is 5.91 Å². The zero-order valence-electron chi connectivity index (χ0n) is 19.8. The summed E-state index contributed by atoms with van der Waals surface area (Å²) >= 11 is 1.73. The minimum absolute atomic E-state index is 0.0310. The summed E-state index contributed by atoms with van der Waals surface area (Å²) in [5.74, 6) is 1.01. The third kappa shape index (κ3) is 7.16. The van der Waals surface area contributed by atoms with Gasteiger partial charge in [0.25, 0.3) is 5.56 Å². The first-order valence-corrected chi connectivity index (χ1v) is 13.2. The maximum Gasteiger partial charge on any atom is 0.261 e. The van der Waals surface area contributed by atoms with E-state index in [9.17, 15) is 14.0 Å². The number of nitrogens with one attached hydrogen (secondary N) is 1. The van der Waals surface area contributed by atoms with E-state index in [0.717, 1.165) is 38.9 Å². The third-order valence-electron chi connectivity index (χ3n) is 6.35. The van der Waals surface area contributed by atoms with Crippen molar-refractivity contribution in [3.05, 3.63) is 34.1 Å². The van der Waals surface area contributed by atoms with E-state index in [0.29, 0.717) is 60.9 Å². The average Bonchev–Trinajstić information content (AvgIpc) is 2.87. The number of ether oxygens (including phenoxy) is 3. The second kappa shape index (κ2) is 12.7. The van der Waals surface area contributed by atoms with E-state index in [4.69, 9.17) is 19.9 Å². The van der Waals surface area contributed by atoms with E-state index in [2.05, 4.69) is 9.97 Å². The lowest BCUT2D eigenvalue weighted by atomic mass is 9.98. The van der Waals surface area contributed by atoms with Crippen molar-refractivity contribution in [1.82, 2.24) is 14.9 Å². The number of carbonyl (C=O) groups is 1. The topological polar surface area (TPSA) is 120 Å². The van der Waals surface area contributed by atoms with E-state index >= 15 is 0 Å². The van der Waals surface area contributed by atoms with Crippen LogP contribution in [0.3, 0.4) is 0 Å². The standard InChI is InChI=1S/C24H33FN4O5S/c25-19-11-17(34-13-16-1-6-29(7-2-16)22(30)14-33-10-5-26)12-20-23(19)24(31)28-21(27-20)15-35-18-3-8-32-9-4-18/h11-12,16,18H,1-10,13-15,26H2,(H,27,28,31). The number of H-pyrrole nitrogens is 1. The van der Waals surface area contributed by atoms with Gasteiger partial charge in [0, 0.05) is 50.2 Å². The monoisotopic (exact) mass is 508 g/mol. The molecule has 2 fully saturated rings. The predicted molar refractivity (Wildman–Crippen MR) is 132 cm³/mol. The Bertz CT molecular complexity index is 1050. The number of hydrogen-bond donors (Lipinski definition) is 2. The quantitative estimate of drug-likeness (QED) is 0.468. The minimum Gasteiger partial charge on any atom is -0.493 e. The summed E-state index contributed by atoms with van der Waals surface area (Å²) in [6.07, 6.45) is 3.54. The molecule has 3 heterocycles. The molecule has 11 heteroatoms. The van der Waals surface area contributed by atoms with Gasteiger partial charge in [-0.1, -0.05) is 0 Å². The van der Waals surface area contributed by atoms with Crippen LogP contribution in [0.4, 0.5) is 4.39 Å². The zero-order chi connectivity index (χ0) is 24.6. The molecule has 0 bridgehead atoms. The van der Waals surface area contributed by atoms with E-state index in [1.54, 1.807) is 22.7 Å². The summed E-state index contributed by atoms with van der Waals surface area (Å²) < 4.78 is 31.2. The summed E-state index contributed by atoms with van der Waals surface area (Å²) in [6.45, 7) is 4.00. The summed E-state index contributed by atoms with van der Waals surface area (Å²) in [5, 5.41) is 0.414. The molecule has 1 aromatic heterocycles. The molecule has 2 aromatic rings. The van der Waals surface area contributed by atoms with Crippen molar-refractivity contribution in [2.24, 2.45) is 11.7 Å². The van der Waals surface area contributed by atoms with Gasteiger partial charge in [-0.05, 0) is 31.6 Å². The van der Waals surface area contributed by atoms with Crippen molar-refractivity contribution in [1.29, 1.82) is 0 Å². The number of fused-ring (bicyclic) bond motifs is 1. The van der Waals surface area contributed by atoms with Crippen LogP contribution >= 0.6 is 11.8 Å². The Morgan fingerprint density at radius 2 is 2.03 bits per heavy atom. The fourth-order valence-corrected chi connectivity index (χ4v) is 5.39. The normalized spacial score (nSPS) is 17.7. The Morgan fingerprint density at radius 3 is 2.77 bits per heavy atom. The van der Waals surface area contributed by atoms with Crippen LogP contribution in [0.5, 0.6) is 5.75 Å². The smallest absolute Gasteiger partial charge is 0.261 e. The maximum atomic E-state index is 14.7. The molecule has 0 radical (unpaired) electrons. The van der Waals surface area contributed by atoms with Crippen molar-refractivity contribution in [3.63, 3.8) is 0 Å². The first-order valence-electron chi connectivity index (χ1n) is 12.1. The van der Waals surface area contributed by atoms with E-state index in [1.165, 1.54) is 6.07 Å². The number of thioether (sulfide) groups is 1. The highest BCUT2D eigenvalue weighted by molar-refractivity contribution is 7.99. The van der Waals surface area contributed by atoms with Crippen molar-refractivity contribution < 1.29 is 23.4 Å². The molecule has 0 aliphatic carbocycles. The fourth-order valence-electron chi connectivity index (χ4n) is 4.34. The highest BCUT2D eigenvalue weighted by atomic mass is 32.2. The number of aromatic amines is 1. The van der Waals surface area contributed by atoms with Gasteiger partial charge in [0.1, 0.15) is 29.4 Å². The van der Waals surface area contributed by atoms with E-state index < -0.39 is 11.4 Å². The lowest BCUT2D eigenvalue weighted by Gasteiger charge is -2.31. The highest BCUT2D eigenvalue weighted by Gasteiger charge is 2.23. The van der Waals surface area contributed by atoms with Crippen LogP contribution < -0.4 is 16.0 Å². The van der Waals surface area contributed by atoms with Crippen LogP contribution in [0, 0.1) is 11.7 Å². The van der Waals surface area contributed by atoms with Crippen molar-refractivity contribution in [2.75, 3.05) is 52.7 Å². The Balaban J connectivity index is 1.33. The molecule has 2 aliphatic heterocycles. The molecule has 1 amide bonds. The Kier molecular flexibility index (Phi) is 9.36. The van der Waals surface area contributed by atoms with Gasteiger partial charge < -0.3 is 29.8 Å². The average molecular weight is 509 g/mol. The van der Waals surface area contributed by atoms with Gasteiger partial charge in [-0.3, -0.25) is 9.59 Å². The van der Waals surface area contributed by atoms with Gasteiger partial charge in [0.05, 0.1) is 24.5 Å². The zero-order valence-corrected chi connectivity index (χ0v) is 20.6. The summed E-state index contributed by atoms with van der Waals surface area (Å²) in [7, 11) is 0. The lowest BCUT2D eigenvalue weighted by molar-refractivity contribution is -0.137. The number of hydrogen-bond acceptors (Lipinski definition) is 8. The Labute approximate surface area is 207 Å². The number of halogens is 1. The van der Waals surface area contributed by atoms with Gasteiger partial charge in [-0.2, -0.15) is 11.8 Å². The molecular weight excluding hydrogens is 475 g/mol. The number of piperidine rings is 1. The van der Waals surface area contributed by atoms with Crippen molar-refractivity contribution in [2.45, 2.75) is 36.7 Å². The van der Waals surface area contributed by atoms with Gasteiger partial charge in [-0.15, -0.1) is 0 Å². The number of nitrogens with two attached hydrogens (primary N) is 1. The summed E-state index contributed by atoms with van der Waals surface area (Å²) in [6, 6.07) is 2.87. The number of carbonyl (C=O) groups excluding carboxylic acids is 1. The second-order valence-electron chi connectivity index (χ2n) is 8.91. The first kappa shape index (κ1) is 25.9. The number of likely N-dealkylation sites (tertiary alicyclic amines) is 1. The minimum atomic E-state index is -0.646. The lowest BCUT2D eigenvalue weighted by Crippen LogP contribution is -2.41. The molecule has 2 saturated heterocycles. The largest absolute Gasteiger partial charge is 0.493 e. The molecule has 0 unspecified atom stereocenters. The summed E-state index contributed by atoms with van der Waals surface area (Å²) in [4.78, 5) is 33.7. The second-order valence-corrected chi connectivity index (χ2v) is 10.2. The van der Waals surface area contributed by atoms with Crippen LogP contribution in [0.2, 0.25) is 0 Å². The molecule has 192 valence electrons. The highest BCUT2D eigenvalue weighted by Crippen LogP contribution is 2.26. The van der Waals surface area contributed by atoms with E-state index in [1.807, 2.05) is 0 Å². The molecule has 0 saturated carbocycles. The number of nitrogens with zero attached hydrogens (tertiary/aromatic N) is 2. The molecule has 2 aliphatic rings. The van der Waals surface area contributed by atoms with Gasteiger partial charge in [0.15, 0.2) is 0 Å². The Morgan fingerprint density at radius 1 is 1.26 bits per heavy atom. The number of amides is 1. The number of aromatic nitrogens is 2. The molecule has 0 atom stereocenters. The summed E-state index contributed by atoms with van der Waals surface area (Å²) in [5.41, 5.74) is 5.19. The van der Waals surface area contributed by atoms with Crippen LogP contribution in [-0.4, -0.2) is 78.7 Å². The molecule has 9 nitrogen and oxygen atoms in total. The molecule has 4 rings (SSSR count). The molecule has 0 spiro atoms.